The summed E-state index contributed by atoms with van der Waals surface area (Å²) in [6.07, 6.45) is 0.282. The van der Waals surface area contributed by atoms with Crippen LogP contribution in [0.3, 0.4) is 0 Å². The molecule has 4 nitrogen and oxygen atoms in total. The van der Waals surface area contributed by atoms with E-state index in [1.807, 2.05) is 27.7 Å². The van der Waals surface area contributed by atoms with Crippen LogP contribution in [0.5, 0.6) is 0 Å². The van der Waals surface area contributed by atoms with Crippen molar-refractivity contribution in [3.05, 3.63) is 0 Å². The summed E-state index contributed by atoms with van der Waals surface area (Å²) in [4.78, 5) is 11.2. The van der Waals surface area contributed by atoms with Crippen LogP contribution >= 0.6 is 0 Å². The molecule has 84 valence electrons. The molecule has 4 heteroatoms. The smallest absolute Gasteiger partial charge is 0.308 e. The highest BCUT2D eigenvalue weighted by Gasteiger charge is 2.15. The molecule has 0 radical (unpaired) electrons. The van der Waals surface area contributed by atoms with Crippen molar-refractivity contribution in [2.75, 3.05) is 13.2 Å². The number of nitrogens with two attached hydrogens (primary N) is 1. The van der Waals surface area contributed by atoms with Gasteiger partial charge < -0.3 is 15.2 Å². The summed E-state index contributed by atoms with van der Waals surface area (Å²) in [5.41, 5.74) is 5.05. The first-order chi connectivity index (χ1) is 6.31. The van der Waals surface area contributed by atoms with Gasteiger partial charge in [-0.25, -0.2) is 0 Å². The van der Waals surface area contributed by atoms with Crippen molar-refractivity contribution in [3.63, 3.8) is 0 Å². The fraction of sp³-hybridized carbons (Fsp3) is 0.900. The average Bonchev–Trinajstić information content (AvgIpc) is 1.94. The van der Waals surface area contributed by atoms with Crippen LogP contribution in [0, 0.1) is 0 Å². The quantitative estimate of drug-likeness (QED) is 0.536. The minimum Gasteiger partial charge on any atom is -0.460 e. The predicted octanol–water partition coefficient (Wildman–Crippen LogP) is 1.08. The number of carbonyl (C=O) groups excluding carboxylic acids is 1. The molecule has 0 saturated heterocycles. The minimum atomic E-state index is -0.418. The molecule has 0 aliphatic rings. The van der Waals surface area contributed by atoms with Crippen molar-refractivity contribution in [1.82, 2.24) is 0 Å². The maximum Gasteiger partial charge on any atom is 0.308 e. The lowest BCUT2D eigenvalue weighted by molar-refractivity contribution is -0.156. The van der Waals surface area contributed by atoms with Crippen LogP contribution in [0.15, 0.2) is 0 Å². The first-order valence-electron chi connectivity index (χ1n) is 4.86. The Morgan fingerprint density at radius 1 is 1.43 bits per heavy atom. The normalized spacial score (nSPS) is 13.8. The second kappa shape index (κ2) is 5.98. The molecule has 0 rings (SSSR count). The lowest BCUT2D eigenvalue weighted by Gasteiger charge is -2.19. The Kier molecular flexibility index (Phi) is 5.72. The number of hydrogen-bond acceptors (Lipinski definition) is 4. The summed E-state index contributed by atoms with van der Waals surface area (Å²) in [5.74, 6) is -0.234. The molecular weight excluding hydrogens is 182 g/mol. The van der Waals surface area contributed by atoms with Gasteiger partial charge in [0.2, 0.25) is 0 Å². The first kappa shape index (κ1) is 13.4. The average molecular weight is 203 g/mol. The Morgan fingerprint density at radius 3 is 2.43 bits per heavy atom. The monoisotopic (exact) mass is 203 g/mol. The molecule has 0 aromatic heterocycles. The molecule has 1 atom stereocenters. The highest BCUT2D eigenvalue weighted by Crippen LogP contribution is 2.07. The first-order valence-corrected chi connectivity index (χ1v) is 4.86. The van der Waals surface area contributed by atoms with Crippen LogP contribution in [-0.2, 0) is 14.3 Å². The molecule has 0 aromatic carbocycles. The fourth-order valence-corrected chi connectivity index (χ4v) is 0.817. The number of rotatable bonds is 5. The van der Waals surface area contributed by atoms with Gasteiger partial charge in [0.15, 0.2) is 0 Å². The van der Waals surface area contributed by atoms with E-state index in [0.29, 0.717) is 13.2 Å². The third kappa shape index (κ3) is 9.48. The van der Waals surface area contributed by atoms with Crippen LogP contribution in [0.2, 0.25) is 0 Å². The largest absolute Gasteiger partial charge is 0.460 e. The van der Waals surface area contributed by atoms with Crippen LogP contribution in [-0.4, -0.2) is 30.8 Å². The molecule has 0 aliphatic heterocycles. The van der Waals surface area contributed by atoms with E-state index in [2.05, 4.69) is 0 Å². The Morgan fingerprint density at radius 2 is 2.00 bits per heavy atom. The number of ether oxygens (including phenoxy) is 2. The molecule has 0 aliphatic carbocycles. The molecule has 0 saturated carbocycles. The Balaban J connectivity index is 3.46. The second-order valence-corrected chi connectivity index (χ2v) is 4.39. The highest BCUT2D eigenvalue weighted by atomic mass is 16.6. The van der Waals surface area contributed by atoms with Gasteiger partial charge in [-0.2, -0.15) is 0 Å². The molecule has 1 unspecified atom stereocenters. The zero-order valence-electron chi connectivity index (χ0n) is 9.50. The fourth-order valence-electron chi connectivity index (χ4n) is 0.817. The minimum absolute atomic E-state index is 0.00800. The molecular formula is C10H21NO3. The Hall–Kier alpha value is -0.610. The Bertz CT molecular complexity index is 173. The molecule has 14 heavy (non-hydrogen) atoms. The molecule has 0 heterocycles. The summed E-state index contributed by atoms with van der Waals surface area (Å²) >= 11 is 0. The summed E-state index contributed by atoms with van der Waals surface area (Å²) in [7, 11) is 0. The van der Waals surface area contributed by atoms with Gasteiger partial charge in [-0.15, -0.1) is 0 Å². The third-order valence-electron chi connectivity index (χ3n) is 1.25. The van der Waals surface area contributed by atoms with Gasteiger partial charge in [-0.3, -0.25) is 4.79 Å². The second-order valence-electron chi connectivity index (χ2n) is 4.39. The molecule has 0 bridgehead atoms. The van der Waals surface area contributed by atoms with E-state index in [4.69, 9.17) is 15.2 Å². The van der Waals surface area contributed by atoms with Gasteiger partial charge in [-0.05, 0) is 27.7 Å². The summed E-state index contributed by atoms with van der Waals surface area (Å²) in [6.45, 7) is 8.22. The van der Waals surface area contributed by atoms with Crippen LogP contribution < -0.4 is 5.73 Å². The van der Waals surface area contributed by atoms with Crippen LogP contribution in [0.25, 0.3) is 0 Å². The lowest BCUT2D eigenvalue weighted by Crippen LogP contribution is -2.26. The summed E-state index contributed by atoms with van der Waals surface area (Å²) in [5, 5.41) is 0. The number of hydrogen-bond donors (Lipinski definition) is 1. The lowest BCUT2D eigenvalue weighted by atomic mass is 10.2. The summed E-state index contributed by atoms with van der Waals surface area (Å²) < 4.78 is 10.2. The van der Waals surface area contributed by atoms with Crippen LogP contribution in [0.4, 0.5) is 0 Å². The van der Waals surface area contributed by atoms with E-state index >= 15 is 0 Å². The predicted molar refractivity (Wildman–Crippen MR) is 54.9 cm³/mol. The van der Waals surface area contributed by atoms with Crippen molar-refractivity contribution in [2.24, 2.45) is 5.73 Å². The van der Waals surface area contributed by atoms with E-state index in [-0.39, 0.29) is 18.4 Å². The van der Waals surface area contributed by atoms with Gasteiger partial charge in [-0.1, -0.05) is 0 Å². The van der Waals surface area contributed by atoms with Crippen molar-refractivity contribution in [3.8, 4) is 0 Å². The van der Waals surface area contributed by atoms with Crippen molar-refractivity contribution < 1.29 is 14.3 Å². The van der Waals surface area contributed by atoms with Crippen molar-refractivity contribution >= 4 is 5.97 Å². The van der Waals surface area contributed by atoms with Gasteiger partial charge in [0.05, 0.1) is 19.6 Å². The van der Waals surface area contributed by atoms with Crippen molar-refractivity contribution in [2.45, 2.75) is 45.8 Å². The zero-order valence-corrected chi connectivity index (χ0v) is 9.50. The van der Waals surface area contributed by atoms with E-state index in [9.17, 15) is 4.79 Å². The molecule has 2 N–H and O–H groups in total. The van der Waals surface area contributed by atoms with Crippen molar-refractivity contribution in [1.29, 1.82) is 0 Å². The molecule has 0 aromatic rings. The maximum absolute atomic E-state index is 11.2. The van der Waals surface area contributed by atoms with E-state index in [0.717, 1.165) is 0 Å². The molecule has 0 amide bonds. The third-order valence-corrected chi connectivity index (χ3v) is 1.25. The van der Waals surface area contributed by atoms with Crippen LogP contribution in [0.1, 0.15) is 34.1 Å². The van der Waals surface area contributed by atoms with Gasteiger partial charge >= 0.3 is 5.97 Å². The zero-order chi connectivity index (χ0) is 11.2. The maximum atomic E-state index is 11.2. The topological polar surface area (TPSA) is 61.5 Å². The number of esters is 1. The van der Waals surface area contributed by atoms with E-state index in [1.54, 1.807) is 0 Å². The molecule has 0 spiro atoms. The van der Waals surface area contributed by atoms with Gasteiger partial charge in [0, 0.05) is 6.04 Å². The number of carbonyl (C=O) groups is 1. The molecule has 0 fully saturated rings. The SMILES string of the molecule is CC(N)COCCC(=O)OC(C)(C)C. The van der Waals surface area contributed by atoms with E-state index < -0.39 is 5.60 Å². The van der Waals surface area contributed by atoms with E-state index in [1.165, 1.54) is 0 Å². The standard InChI is InChI=1S/C10H21NO3/c1-8(11)7-13-6-5-9(12)14-10(2,3)4/h8H,5-7,11H2,1-4H3. The van der Waals surface area contributed by atoms with Gasteiger partial charge in [0.25, 0.3) is 0 Å². The Labute approximate surface area is 85.8 Å². The summed E-state index contributed by atoms with van der Waals surface area (Å²) in [6, 6.07) is 0.00800. The highest BCUT2D eigenvalue weighted by molar-refractivity contribution is 5.69. The van der Waals surface area contributed by atoms with Gasteiger partial charge in [0.1, 0.15) is 5.60 Å².